The number of carbonyl (C=O) groups excluding carboxylic acids is 1. The molecule has 1 aromatic carbocycles. The van der Waals surface area contributed by atoms with E-state index in [2.05, 4.69) is 18.0 Å². The normalized spacial score (nSPS) is 28.4. The van der Waals surface area contributed by atoms with Gasteiger partial charge in [-0.25, -0.2) is 0 Å². The second kappa shape index (κ2) is 6.69. The number of pyridine rings is 1. The zero-order valence-corrected chi connectivity index (χ0v) is 15.1. The van der Waals surface area contributed by atoms with E-state index in [4.69, 9.17) is 5.73 Å². The SMILES string of the molecule is CC1C[C@@H](c2ccc(C#N)c3ncccc23)CN(C(=O)C2CC(N)C2)C1. The Kier molecular flexibility index (Phi) is 4.37. The van der Waals surface area contributed by atoms with Crippen LogP contribution in [-0.4, -0.2) is 34.9 Å². The highest BCUT2D eigenvalue weighted by molar-refractivity contribution is 5.87. The van der Waals surface area contributed by atoms with Crippen LogP contribution in [0.1, 0.15) is 43.2 Å². The van der Waals surface area contributed by atoms with Gasteiger partial charge in [-0.1, -0.05) is 19.1 Å². The molecule has 1 saturated carbocycles. The van der Waals surface area contributed by atoms with Crippen LogP contribution in [-0.2, 0) is 4.79 Å². The van der Waals surface area contributed by atoms with Crippen molar-refractivity contribution in [2.24, 2.45) is 17.6 Å². The van der Waals surface area contributed by atoms with Crippen molar-refractivity contribution in [1.82, 2.24) is 9.88 Å². The lowest BCUT2D eigenvalue weighted by molar-refractivity contribution is -0.140. The number of aromatic nitrogens is 1. The minimum Gasteiger partial charge on any atom is -0.342 e. The Hall–Kier alpha value is -2.45. The standard InChI is InChI=1S/C21H24N4O/c1-13-7-16(12-25(11-13)21(26)15-8-17(23)9-15)18-5-4-14(10-22)20-19(18)3-2-6-24-20/h2-6,13,15-17H,7-9,11-12,23H2,1H3/t13?,15?,16-,17?/m1/s1. The van der Waals surface area contributed by atoms with E-state index in [9.17, 15) is 10.1 Å². The van der Waals surface area contributed by atoms with E-state index in [0.717, 1.165) is 43.3 Å². The van der Waals surface area contributed by atoms with E-state index in [-0.39, 0.29) is 23.8 Å². The van der Waals surface area contributed by atoms with Crippen LogP contribution in [0, 0.1) is 23.2 Å². The van der Waals surface area contributed by atoms with Crippen molar-refractivity contribution in [3.63, 3.8) is 0 Å². The lowest BCUT2D eigenvalue weighted by Gasteiger charge is -2.41. The van der Waals surface area contributed by atoms with Gasteiger partial charge in [-0.05, 0) is 42.9 Å². The zero-order valence-electron chi connectivity index (χ0n) is 15.1. The van der Waals surface area contributed by atoms with Crippen LogP contribution in [0.15, 0.2) is 30.5 Å². The van der Waals surface area contributed by atoms with Crippen molar-refractivity contribution < 1.29 is 4.79 Å². The summed E-state index contributed by atoms with van der Waals surface area (Å²) in [4.78, 5) is 19.3. The smallest absolute Gasteiger partial charge is 0.225 e. The summed E-state index contributed by atoms with van der Waals surface area (Å²) in [6.07, 6.45) is 4.41. The molecule has 0 bridgehead atoms. The number of hydrogen-bond acceptors (Lipinski definition) is 4. The molecule has 2 aromatic rings. The van der Waals surface area contributed by atoms with Crippen molar-refractivity contribution in [2.75, 3.05) is 13.1 Å². The van der Waals surface area contributed by atoms with E-state index >= 15 is 0 Å². The molecule has 2 heterocycles. The predicted molar refractivity (Wildman–Crippen MR) is 100 cm³/mol. The lowest BCUT2D eigenvalue weighted by atomic mass is 9.78. The summed E-state index contributed by atoms with van der Waals surface area (Å²) in [6, 6.07) is 10.3. The summed E-state index contributed by atoms with van der Waals surface area (Å²) in [5.74, 6) is 1.10. The summed E-state index contributed by atoms with van der Waals surface area (Å²) in [7, 11) is 0. The number of nitriles is 1. The van der Waals surface area contributed by atoms with Gasteiger partial charge in [0.2, 0.25) is 5.91 Å². The third-order valence-electron chi connectivity index (χ3n) is 5.86. The minimum atomic E-state index is 0.107. The van der Waals surface area contributed by atoms with Crippen molar-refractivity contribution in [3.8, 4) is 6.07 Å². The third-order valence-corrected chi connectivity index (χ3v) is 5.86. The van der Waals surface area contributed by atoms with Crippen LogP contribution in [0.5, 0.6) is 0 Å². The number of amides is 1. The maximum Gasteiger partial charge on any atom is 0.225 e. The van der Waals surface area contributed by atoms with Crippen LogP contribution in [0.3, 0.4) is 0 Å². The number of nitrogens with two attached hydrogens (primary N) is 1. The highest BCUT2D eigenvalue weighted by Crippen LogP contribution is 2.36. The molecule has 1 unspecified atom stereocenters. The van der Waals surface area contributed by atoms with Crippen molar-refractivity contribution >= 4 is 16.8 Å². The molecule has 134 valence electrons. The van der Waals surface area contributed by atoms with Crippen LogP contribution in [0.2, 0.25) is 0 Å². The van der Waals surface area contributed by atoms with Gasteiger partial charge in [0.1, 0.15) is 6.07 Å². The molecule has 5 nitrogen and oxygen atoms in total. The summed E-state index contributed by atoms with van der Waals surface area (Å²) in [6.45, 7) is 3.78. The molecule has 1 aliphatic heterocycles. The number of likely N-dealkylation sites (tertiary alicyclic amines) is 1. The summed E-state index contributed by atoms with van der Waals surface area (Å²) < 4.78 is 0. The van der Waals surface area contributed by atoms with E-state index in [1.807, 2.05) is 29.2 Å². The fourth-order valence-electron chi connectivity index (χ4n) is 4.52. The lowest BCUT2D eigenvalue weighted by Crippen LogP contribution is -2.50. The van der Waals surface area contributed by atoms with Crippen LogP contribution in [0.25, 0.3) is 10.9 Å². The molecule has 0 spiro atoms. The van der Waals surface area contributed by atoms with Gasteiger partial charge in [-0.2, -0.15) is 5.26 Å². The van der Waals surface area contributed by atoms with Crippen LogP contribution < -0.4 is 5.73 Å². The molecule has 1 aliphatic carbocycles. The highest BCUT2D eigenvalue weighted by Gasteiger charge is 2.38. The number of fused-ring (bicyclic) bond motifs is 1. The van der Waals surface area contributed by atoms with Crippen LogP contribution in [0.4, 0.5) is 0 Å². The fourth-order valence-corrected chi connectivity index (χ4v) is 4.52. The van der Waals surface area contributed by atoms with Gasteiger partial charge in [0.15, 0.2) is 0 Å². The summed E-state index contributed by atoms with van der Waals surface area (Å²) in [5, 5.41) is 10.4. The molecule has 5 heteroatoms. The summed E-state index contributed by atoms with van der Waals surface area (Å²) >= 11 is 0. The quantitative estimate of drug-likeness (QED) is 0.904. The van der Waals surface area contributed by atoms with Gasteiger partial charge in [-0.3, -0.25) is 9.78 Å². The van der Waals surface area contributed by atoms with E-state index < -0.39 is 0 Å². The maximum atomic E-state index is 12.8. The molecular formula is C21H24N4O. The molecule has 26 heavy (non-hydrogen) atoms. The Morgan fingerprint density at radius 1 is 1.27 bits per heavy atom. The zero-order chi connectivity index (χ0) is 18.3. The van der Waals surface area contributed by atoms with Gasteiger partial charge in [-0.15, -0.1) is 0 Å². The van der Waals surface area contributed by atoms with Crippen LogP contribution >= 0.6 is 0 Å². The Labute approximate surface area is 153 Å². The molecule has 2 atom stereocenters. The van der Waals surface area contributed by atoms with Crippen molar-refractivity contribution in [2.45, 2.75) is 38.1 Å². The topological polar surface area (TPSA) is 83.0 Å². The largest absolute Gasteiger partial charge is 0.342 e. The molecule has 0 radical (unpaired) electrons. The second-order valence-electron chi connectivity index (χ2n) is 7.92. The first-order valence-corrected chi connectivity index (χ1v) is 9.39. The number of rotatable bonds is 2. The van der Waals surface area contributed by atoms with Gasteiger partial charge >= 0.3 is 0 Å². The highest BCUT2D eigenvalue weighted by atomic mass is 16.2. The molecule has 1 saturated heterocycles. The number of carbonyl (C=O) groups is 1. The second-order valence-corrected chi connectivity index (χ2v) is 7.92. The predicted octanol–water partition coefficient (Wildman–Crippen LogP) is 2.80. The van der Waals surface area contributed by atoms with Gasteiger partial charge in [0.05, 0.1) is 11.1 Å². The van der Waals surface area contributed by atoms with Gasteiger partial charge in [0, 0.05) is 42.6 Å². The van der Waals surface area contributed by atoms with Gasteiger partial charge in [0.25, 0.3) is 0 Å². The summed E-state index contributed by atoms with van der Waals surface area (Å²) in [5.41, 5.74) is 8.42. The fraction of sp³-hybridized carbons (Fsp3) is 0.476. The van der Waals surface area contributed by atoms with E-state index in [0.29, 0.717) is 11.5 Å². The Bertz CT molecular complexity index is 881. The van der Waals surface area contributed by atoms with E-state index in [1.165, 1.54) is 5.56 Å². The monoisotopic (exact) mass is 348 g/mol. The number of benzene rings is 1. The minimum absolute atomic E-state index is 0.107. The molecule has 2 N–H and O–H groups in total. The number of hydrogen-bond donors (Lipinski definition) is 1. The third kappa shape index (κ3) is 2.95. The first kappa shape index (κ1) is 17.0. The molecule has 2 aliphatic rings. The first-order valence-electron chi connectivity index (χ1n) is 9.39. The number of nitrogens with zero attached hydrogens (tertiary/aromatic N) is 3. The Balaban J connectivity index is 1.64. The molecule has 2 fully saturated rings. The van der Waals surface area contributed by atoms with Crippen molar-refractivity contribution in [3.05, 3.63) is 41.6 Å². The molecule has 1 amide bonds. The molecular weight excluding hydrogens is 324 g/mol. The molecule has 1 aromatic heterocycles. The average molecular weight is 348 g/mol. The van der Waals surface area contributed by atoms with Gasteiger partial charge < -0.3 is 10.6 Å². The molecule has 4 rings (SSSR count). The number of piperidine rings is 1. The Morgan fingerprint density at radius 3 is 2.81 bits per heavy atom. The Morgan fingerprint density at radius 2 is 2.08 bits per heavy atom. The maximum absolute atomic E-state index is 12.8. The van der Waals surface area contributed by atoms with Crippen molar-refractivity contribution in [1.29, 1.82) is 5.26 Å². The average Bonchev–Trinajstić information content (AvgIpc) is 2.63. The first-order chi connectivity index (χ1) is 12.6. The van der Waals surface area contributed by atoms with E-state index in [1.54, 1.807) is 6.20 Å².